The lowest BCUT2D eigenvalue weighted by atomic mass is 9.89. The second kappa shape index (κ2) is 9.56. The van der Waals surface area contributed by atoms with E-state index < -0.39 is 17.9 Å². The molecule has 2 unspecified atom stereocenters. The number of anilines is 1. The van der Waals surface area contributed by atoms with Gasteiger partial charge in [0.1, 0.15) is 11.6 Å². The van der Waals surface area contributed by atoms with Crippen molar-refractivity contribution in [3.05, 3.63) is 65.6 Å². The number of piperazine rings is 1. The van der Waals surface area contributed by atoms with Crippen molar-refractivity contribution >= 4 is 17.6 Å². The molecule has 1 aliphatic rings. The molecule has 4 rings (SSSR count). The number of hydrogen-bond acceptors (Lipinski definition) is 6. The smallest absolute Gasteiger partial charge is 0.234 e. The van der Waals surface area contributed by atoms with Gasteiger partial charge in [0.25, 0.3) is 0 Å². The van der Waals surface area contributed by atoms with Gasteiger partial charge < -0.3 is 21.7 Å². The highest BCUT2D eigenvalue weighted by Gasteiger charge is 2.34. The molecule has 166 valence electrons. The molecule has 2 atom stereocenters. The fourth-order valence-corrected chi connectivity index (χ4v) is 3.85. The molecule has 6 N–H and O–H groups in total. The van der Waals surface area contributed by atoms with Gasteiger partial charge in [0.2, 0.25) is 11.8 Å². The van der Waals surface area contributed by atoms with Crippen LogP contribution in [-0.2, 0) is 16.0 Å². The van der Waals surface area contributed by atoms with Gasteiger partial charge in [-0.3, -0.25) is 14.7 Å². The average molecular weight is 437 g/mol. The van der Waals surface area contributed by atoms with Crippen LogP contribution in [-0.4, -0.2) is 52.7 Å². The topological polar surface area (TPSA) is 138 Å². The van der Waals surface area contributed by atoms with Crippen LogP contribution in [0.4, 0.5) is 10.2 Å². The number of carbonyl (C=O) groups is 2. The van der Waals surface area contributed by atoms with Crippen molar-refractivity contribution in [1.29, 1.82) is 0 Å². The lowest BCUT2D eigenvalue weighted by Gasteiger charge is -2.31. The highest BCUT2D eigenvalue weighted by Crippen LogP contribution is 2.29. The van der Waals surface area contributed by atoms with Crippen LogP contribution in [0.25, 0.3) is 11.4 Å². The van der Waals surface area contributed by atoms with Crippen molar-refractivity contribution in [3.8, 4) is 11.4 Å². The first kappa shape index (κ1) is 21.4. The minimum Gasteiger partial charge on any atom is -0.369 e. The molecule has 0 saturated carbocycles. The molecule has 3 aromatic rings. The van der Waals surface area contributed by atoms with Crippen molar-refractivity contribution in [1.82, 2.24) is 25.8 Å². The minimum absolute atomic E-state index is 0.192. The molecular weight excluding hydrogens is 413 g/mol. The third-order valence-corrected chi connectivity index (χ3v) is 5.34. The van der Waals surface area contributed by atoms with Gasteiger partial charge in [-0.1, -0.05) is 18.2 Å². The quantitative estimate of drug-likeness (QED) is 0.355. The minimum atomic E-state index is -0.785. The van der Waals surface area contributed by atoms with Gasteiger partial charge in [0.15, 0.2) is 0 Å². The predicted molar refractivity (Wildman–Crippen MR) is 117 cm³/mol. The maximum Gasteiger partial charge on any atom is 0.234 e. The van der Waals surface area contributed by atoms with Gasteiger partial charge in [-0.05, 0) is 36.2 Å². The number of halogens is 1. The maximum atomic E-state index is 13.5. The average Bonchev–Trinajstić information content (AvgIpc) is 3.30. The molecule has 32 heavy (non-hydrogen) atoms. The number of carbonyl (C=O) groups excluding carboxylic acids is 2. The summed E-state index contributed by atoms with van der Waals surface area (Å²) in [6, 6.07) is 11.2. The SMILES string of the molecule is NC(=O)C(c1ccc(-c2ccn[nH]2)nc1NCCc1cccc(F)c1)C1CNCC(=O)N1. The van der Waals surface area contributed by atoms with Crippen LogP contribution in [0, 0.1) is 5.82 Å². The van der Waals surface area contributed by atoms with Crippen LogP contribution >= 0.6 is 0 Å². The molecule has 3 heterocycles. The number of nitrogens with one attached hydrogen (secondary N) is 4. The summed E-state index contributed by atoms with van der Waals surface area (Å²) in [7, 11) is 0. The van der Waals surface area contributed by atoms with E-state index in [4.69, 9.17) is 5.73 Å². The Bertz CT molecular complexity index is 1100. The number of H-pyrrole nitrogens is 1. The van der Waals surface area contributed by atoms with Crippen molar-refractivity contribution in [2.45, 2.75) is 18.4 Å². The van der Waals surface area contributed by atoms with E-state index >= 15 is 0 Å². The highest BCUT2D eigenvalue weighted by atomic mass is 19.1. The van der Waals surface area contributed by atoms with Crippen LogP contribution < -0.4 is 21.7 Å². The molecule has 0 bridgehead atoms. The number of amides is 2. The van der Waals surface area contributed by atoms with Gasteiger partial charge in [0.05, 0.1) is 29.9 Å². The number of aromatic amines is 1. The number of hydrogen-bond donors (Lipinski definition) is 5. The van der Waals surface area contributed by atoms with Gasteiger partial charge in [-0.15, -0.1) is 0 Å². The van der Waals surface area contributed by atoms with Crippen LogP contribution in [0.2, 0.25) is 0 Å². The van der Waals surface area contributed by atoms with E-state index in [1.165, 1.54) is 12.1 Å². The van der Waals surface area contributed by atoms with Crippen LogP contribution in [0.5, 0.6) is 0 Å². The summed E-state index contributed by atoms with van der Waals surface area (Å²) in [5.41, 5.74) is 8.51. The fourth-order valence-electron chi connectivity index (χ4n) is 3.85. The molecule has 10 heteroatoms. The molecule has 2 aromatic heterocycles. The van der Waals surface area contributed by atoms with Crippen LogP contribution in [0.15, 0.2) is 48.7 Å². The van der Waals surface area contributed by atoms with Crippen LogP contribution in [0.3, 0.4) is 0 Å². The predicted octanol–water partition coefficient (Wildman–Crippen LogP) is 0.922. The summed E-state index contributed by atoms with van der Waals surface area (Å²) in [6.45, 7) is 1.05. The Morgan fingerprint density at radius 2 is 2.16 bits per heavy atom. The number of nitrogens with two attached hydrogens (primary N) is 1. The lowest BCUT2D eigenvalue weighted by Crippen LogP contribution is -2.56. The monoisotopic (exact) mass is 437 g/mol. The highest BCUT2D eigenvalue weighted by molar-refractivity contribution is 5.87. The van der Waals surface area contributed by atoms with Gasteiger partial charge in [-0.2, -0.15) is 5.10 Å². The summed E-state index contributed by atoms with van der Waals surface area (Å²) in [5.74, 6) is -1.38. The van der Waals surface area contributed by atoms with Crippen LogP contribution in [0.1, 0.15) is 17.0 Å². The third-order valence-electron chi connectivity index (χ3n) is 5.34. The number of benzene rings is 1. The van der Waals surface area contributed by atoms with Crippen molar-refractivity contribution < 1.29 is 14.0 Å². The zero-order chi connectivity index (χ0) is 22.5. The second-order valence-electron chi connectivity index (χ2n) is 7.60. The molecule has 0 spiro atoms. The number of primary amides is 1. The molecule has 1 fully saturated rings. The van der Waals surface area contributed by atoms with Crippen molar-refractivity contribution in [2.24, 2.45) is 5.73 Å². The molecule has 0 aliphatic carbocycles. The van der Waals surface area contributed by atoms with E-state index in [0.717, 1.165) is 5.56 Å². The molecule has 1 aromatic carbocycles. The van der Waals surface area contributed by atoms with Gasteiger partial charge >= 0.3 is 0 Å². The Labute approximate surface area is 184 Å². The Balaban J connectivity index is 1.63. The first-order valence-corrected chi connectivity index (χ1v) is 10.3. The van der Waals surface area contributed by atoms with Crippen molar-refractivity contribution in [2.75, 3.05) is 25.0 Å². The fraction of sp³-hybridized carbons (Fsp3) is 0.273. The number of rotatable bonds is 8. The molecule has 2 amide bonds. The zero-order valence-corrected chi connectivity index (χ0v) is 17.3. The van der Waals surface area contributed by atoms with E-state index in [1.807, 2.05) is 6.07 Å². The van der Waals surface area contributed by atoms with E-state index in [0.29, 0.717) is 42.3 Å². The van der Waals surface area contributed by atoms with Gasteiger partial charge in [0, 0.05) is 24.8 Å². The molecule has 9 nitrogen and oxygen atoms in total. The zero-order valence-electron chi connectivity index (χ0n) is 17.3. The summed E-state index contributed by atoms with van der Waals surface area (Å²) in [4.78, 5) is 29.0. The summed E-state index contributed by atoms with van der Waals surface area (Å²) >= 11 is 0. The molecule has 0 radical (unpaired) electrons. The molecule has 1 saturated heterocycles. The summed E-state index contributed by atoms with van der Waals surface area (Å²) in [6.07, 6.45) is 2.17. The van der Waals surface area contributed by atoms with E-state index in [-0.39, 0.29) is 18.3 Å². The largest absolute Gasteiger partial charge is 0.369 e. The Morgan fingerprint density at radius 3 is 2.88 bits per heavy atom. The third kappa shape index (κ3) is 4.92. The van der Waals surface area contributed by atoms with Gasteiger partial charge in [-0.25, -0.2) is 9.37 Å². The summed E-state index contributed by atoms with van der Waals surface area (Å²) < 4.78 is 13.5. The maximum absolute atomic E-state index is 13.5. The summed E-state index contributed by atoms with van der Waals surface area (Å²) in [5, 5.41) is 15.9. The lowest BCUT2D eigenvalue weighted by molar-refractivity contribution is -0.124. The Kier molecular flexibility index (Phi) is 6.41. The van der Waals surface area contributed by atoms with E-state index in [2.05, 4.69) is 31.1 Å². The Hall–Kier alpha value is -3.79. The van der Waals surface area contributed by atoms with Crippen molar-refractivity contribution in [3.63, 3.8) is 0 Å². The number of nitrogens with zero attached hydrogens (tertiary/aromatic N) is 2. The van der Waals surface area contributed by atoms with E-state index in [9.17, 15) is 14.0 Å². The Morgan fingerprint density at radius 1 is 1.28 bits per heavy atom. The molecular formula is C22H24FN7O2. The standard InChI is InChI=1S/C22H24FN7O2/c23-14-3-1-2-13(10-14)6-8-26-22-15(4-5-16(29-22)17-7-9-27-30-17)20(21(24)32)18-11-25-12-19(31)28-18/h1-5,7,9-10,18,20,25H,6,8,11-12H2,(H2,24,32)(H,26,29)(H,27,30)(H,28,31). The first-order chi connectivity index (χ1) is 15.5. The number of pyridine rings is 1. The normalized spacial score (nSPS) is 16.9. The second-order valence-corrected chi connectivity index (χ2v) is 7.60. The first-order valence-electron chi connectivity index (χ1n) is 10.3. The molecule has 1 aliphatic heterocycles. The van der Waals surface area contributed by atoms with E-state index in [1.54, 1.807) is 30.5 Å². The number of aromatic nitrogens is 3.